The molecule has 7 nitrogen and oxygen atoms in total. The number of hydrogen-bond acceptors (Lipinski definition) is 7. The Kier molecular flexibility index (Phi) is 4.23. The van der Waals surface area contributed by atoms with E-state index in [0.717, 1.165) is 6.26 Å². The van der Waals surface area contributed by atoms with Crippen LogP contribution in [0.4, 0.5) is 5.82 Å². The molecule has 1 heterocycles. The summed E-state index contributed by atoms with van der Waals surface area (Å²) < 4.78 is 27.1. The van der Waals surface area contributed by atoms with Gasteiger partial charge in [0, 0.05) is 6.26 Å². The van der Waals surface area contributed by atoms with E-state index in [1.54, 1.807) is 13.8 Å². The molecule has 0 saturated heterocycles. The van der Waals surface area contributed by atoms with Crippen LogP contribution in [0.5, 0.6) is 0 Å². The van der Waals surface area contributed by atoms with Crippen molar-refractivity contribution in [3.05, 3.63) is 17.1 Å². The van der Waals surface area contributed by atoms with Gasteiger partial charge in [0.1, 0.15) is 23.0 Å². The molecule has 0 aliphatic carbocycles. The molecule has 8 heteroatoms. The zero-order chi connectivity index (χ0) is 13.9. The SMILES string of the molecule is CCOC(=O)c1c(C)nc(CS(C)(=O)=O)nc1N. The number of esters is 1. The maximum Gasteiger partial charge on any atom is 0.343 e. The van der Waals surface area contributed by atoms with Gasteiger partial charge in [0.25, 0.3) is 0 Å². The lowest BCUT2D eigenvalue weighted by atomic mass is 10.2. The molecule has 2 N–H and O–H groups in total. The Morgan fingerprint density at radius 1 is 1.39 bits per heavy atom. The number of hydrogen-bond donors (Lipinski definition) is 1. The summed E-state index contributed by atoms with van der Waals surface area (Å²) in [6.45, 7) is 3.43. The maximum atomic E-state index is 11.6. The van der Waals surface area contributed by atoms with Gasteiger partial charge >= 0.3 is 5.97 Å². The molecule has 0 fully saturated rings. The lowest BCUT2D eigenvalue weighted by Gasteiger charge is -2.09. The van der Waals surface area contributed by atoms with Gasteiger partial charge in [-0.25, -0.2) is 23.2 Å². The van der Waals surface area contributed by atoms with Gasteiger partial charge in [0.2, 0.25) is 0 Å². The quantitative estimate of drug-likeness (QED) is 0.773. The van der Waals surface area contributed by atoms with Crippen LogP contribution in [0.3, 0.4) is 0 Å². The predicted octanol–water partition coefficient (Wildman–Crippen LogP) is 0.0885. The fourth-order valence-corrected chi connectivity index (χ4v) is 2.01. The van der Waals surface area contributed by atoms with Gasteiger partial charge in [0.15, 0.2) is 9.84 Å². The second-order valence-electron chi connectivity index (χ2n) is 3.78. The second-order valence-corrected chi connectivity index (χ2v) is 5.92. The average Bonchev–Trinajstić information content (AvgIpc) is 2.13. The summed E-state index contributed by atoms with van der Waals surface area (Å²) in [6.07, 6.45) is 1.07. The first-order valence-electron chi connectivity index (χ1n) is 5.22. The first-order chi connectivity index (χ1) is 8.24. The van der Waals surface area contributed by atoms with E-state index in [4.69, 9.17) is 10.5 Å². The molecule has 0 unspecified atom stereocenters. The highest BCUT2D eigenvalue weighted by molar-refractivity contribution is 7.89. The summed E-state index contributed by atoms with van der Waals surface area (Å²) in [5, 5.41) is 0. The first kappa shape index (κ1) is 14.4. The number of ether oxygens (including phenoxy) is 1. The molecule has 0 bridgehead atoms. The summed E-state index contributed by atoms with van der Waals surface area (Å²) in [6, 6.07) is 0. The molecule has 0 aromatic carbocycles. The van der Waals surface area contributed by atoms with Crippen molar-refractivity contribution in [3.8, 4) is 0 Å². The molecular formula is C10H15N3O4S. The van der Waals surface area contributed by atoms with Crippen LogP contribution in [-0.4, -0.2) is 37.2 Å². The lowest BCUT2D eigenvalue weighted by molar-refractivity contribution is 0.0526. The van der Waals surface area contributed by atoms with Crippen LogP contribution in [-0.2, 0) is 20.3 Å². The molecule has 18 heavy (non-hydrogen) atoms. The van der Waals surface area contributed by atoms with Crippen molar-refractivity contribution in [3.63, 3.8) is 0 Å². The molecule has 100 valence electrons. The van der Waals surface area contributed by atoms with Crippen LogP contribution in [0, 0.1) is 6.92 Å². The van der Waals surface area contributed by atoms with E-state index in [2.05, 4.69) is 9.97 Å². The van der Waals surface area contributed by atoms with Crippen molar-refractivity contribution < 1.29 is 17.9 Å². The molecule has 0 spiro atoms. The fourth-order valence-electron chi connectivity index (χ4n) is 1.41. The summed E-state index contributed by atoms with van der Waals surface area (Å²) in [7, 11) is -3.25. The van der Waals surface area contributed by atoms with Crippen molar-refractivity contribution >= 4 is 21.6 Å². The predicted molar refractivity (Wildman–Crippen MR) is 65.7 cm³/mol. The molecule has 1 aromatic heterocycles. The Bertz CT molecular complexity index is 545. The maximum absolute atomic E-state index is 11.6. The third-order valence-electron chi connectivity index (χ3n) is 2.04. The highest BCUT2D eigenvalue weighted by Gasteiger charge is 2.19. The van der Waals surface area contributed by atoms with E-state index in [1.165, 1.54) is 0 Å². The number of rotatable bonds is 4. The normalized spacial score (nSPS) is 11.3. The van der Waals surface area contributed by atoms with Gasteiger partial charge in [-0.05, 0) is 13.8 Å². The average molecular weight is 273 g/mol. The highest BCUT2D eigenvalue weighted by atomic mass is 32.2. The summed E-state index contributed by atoms with van der Waals surface area (Å²) in [5.74, 6) is -0.931. The second kappa shape index (κ2) is 5.30. The smallest absolute Gasteiger partial charge is 0.343 e. The molecule has 0 saturated carbocycles. The van der Waals surface area contributed by atoms with Crippen molar-refractivity contribution in [2.24, 2.45) is 0 Å². The molecule has 0 radical (unpaired) electrons. The number of anilines is 1. The highest BCUT2D eigenvalue weighted by Crippen LogP contribution is 2.15. The van der Waals surface area contributed by atoms with Gasteiger partial charge in [-0.2, -0.15) is 0 Å². The zero-order valence-corrected chi connectivity index (χ0v) is 11.2. The van der Waals surface area contributed by atoms with E-state index in [9.17, 15) is 13.2 Å². The molecule has 0 aliphatic rings. The van der Waals surface area contributed by atoms with Crippen LogP contribution in [0.15, 0.2) is 0 Å². The Labute approximate surface area is 105 Å². The number of aryl methyl sites for hydroxylation is 1. The third kappa shape index (κ3) is 3.66. The molecule has 0 aliphatic heterocycles. The standard InChI is InChI=1S/C10H15N3O4S/c1-4-17-10(14)8-6(2)12-7(13-9(8)11)5-18(3,15)16/h4-5H2,1-3H3,(H2,11,12,13). The molecular weight excluding hydrogens is 258 g/mol. The van der Waals surface area contributed by atoms with Crippen LogP contribution >= 0.6 is 0 Å². The molecule has 0 amide bonds. The number of nitrogens with two attached hydrogens (primary N) is 1. The van der Waals surface area contributed by atoms with Crippen molar-refractivity contribution in [2.45, 2.75) is 19.6 Å². The Hall–Kier alpha value is -1.70. The van der Waals surface area contributed by atoms with Crippen molar-refractivity contribution in [1.29, 1.82) is 0 Å². The van der Waals surface area contributed by atoms with E-state index in [1.807, 2.05) is 0 Å². The number of aromatic nitrogens is 2. The van der Waals surface area contributed by atoms with Gasteiger partial charge in [-0.1, -0.05) is 0 Å². The monoisotopic (exact) mass is 273 g/mol. The number of nitrogens with zero attached hydrogens (tertiary/aromatic N) is 2. The van der Waals surface area contributed by atoms with Gasteiger partial charge in [-0.15, -0.1) is 0 Å². The minimum Gasteiger partial charge on any atom is -0.462 e. The van der Waals surface area contributed by atoms with Crippen molar-refractivity contribution in [2.75, 3.05) is 18.6 Å². The third-order valence-corrected chi connectivity index (χ3v) is 2.82. The summed E-state index contributed by atoms with van der Waals surface area (Å²) in [4.78, 5) is 19.3. The number of nitrogen functional groups attached to an aromatic ring is 1. The summed E-state index contributed by atoms with van der Waals surface area (Å²) >= 11 is 0. The molecule has 1 rings (SSSR count). The zero-order valence-electron chi connectivity index (χ0n) is 10.4. The van der Waals surface area contributed by atoms with Gasteiger partial charge < -0.3 is 10.5 Å². The lowest BCUT2D eigenvalue weighted by Crippen LogP contribution is -2.16. The number of carbonyl (C=O) groups is 1. The number of carbonyl (C=O) groups excluding carboxylic acids is 1. The first-order valence-corrected chi connectivity index (χ1v) is 7.28. The minimum atomic E-state index is -3.25. The van der Waals surface area contributed by atoms with E-state index < -0.39 is 15.8 Å². The molecule has 0 atom stereocenters. The Morgan fingerprint density at radius 3 is 2.44 bits per heavy atom. The van der Waals surface area contributed by atoms with E-state index >= 15 is 0 Å². The molecule has 1 aromatic rings. The topological polar surface area (TPSA) is 112 Å². The minimum absolute atomic E-state index is 0.0698. The Balaban J connectivity index is 3.16. The van der Waals surface area contributed by atoms with Crippen LogP contribution in [0.25, 0.3) is 0 Å². The summed E-state index contributed by atoms with van der Waals surface area (Å²) in [5.41, 5.74) is 6.01. The van der Waals surface area contributed by atoms with E-state index in [-0.39, 0.29) is 29.6 Å². The van der Waals surface area contributed by atoms with Crippen molar-refractivity contribution in [1.82, 2.24) is 9.97 Å². The van der Waals surface area contributed by atoms with Crippen LogP contribution in [0.2, 0.25) is 0 Å². The fraction of sp³-hybridized carbons (Fsp3) is 0.500. The van der Waals surface area contributed by atoms with Gasteiger partial charge in [0.05, 0.1) is 12.3 Å². The van der Waals surface area contributed by atoms with Crippen LogP contribution < -0.4 is 5.73 Å². The van der Waals surface area contributed by atoms with Crippen LogP contribution in [0.1, 0.15) is 28.8 Å². The van der Waals surface area contributed by atoms with E-state index in [0.29, 0.717) is 5.69 Å². The Morgan fingerprint density at radius 2 is 2.00 bits per heavy atom. The van der Waals surface area contributed by atoms with Gasteiger partial charge in [-0.3, -0.25) is 0 Å². The largest absolute Gasteiger partial charge is 0.462 e. The number of sulfone groups is 1.